The lowest BCUT2D eigenvalue weighted by Gasteiger charge is -2.35. The lowest BCUT2D eigenvalue weighted by molar-refractivity contribution is -0.127. The molecule has 1 fully saturated rings. The molecule has 0 spiro atoms. The molecule has 2 heterocycles. The zero-order valence-electron chi connectivity index (χ0n) is 29.5. The first-order valence-electron chi connectivity index (χ1n) is 18.8. The quantitative estimate of drug-likeness (QED) is 0.147. The molecule has 5 nitrogen and oxygen atoms in total. The van der Waals surface area contributed by atoms with Crippen molar-refractivity contribution in [1.29, 1.82) is 0 Å². The molecule has 4 aromatic rings. The number of fused-ring (bicyclic) bond motifs is 4. The van der Waals surface area contributed by atoms with Gasteiger partial charge in [0.2, 0.25) is 0 Å². The van der Waals surface area contributed by atoms with Crippen LogP contribution in [0, 0.1) is 11.8 Å². The molecule has 3 aliphatic rings. The number of hydrogen-bond acceptors (Lipinski definition) is 5. The summed E-state index contributed by atoms with van der Waals surface area (Å²) in [6.45, 7) is 6.30. The largest absolute Gasteiger partial charge is 0.391 e. The highest BCUT2D eigenvalue weighted by molar-refractivity contribution is 6.02. The number of Topliss-reactive ketones (excluding diaryl/α,β-unsaturated/α-hetero) is 1. The summed E-state index contributed by atoms with van der Waals surface area (Å²) in [5.74, 6) is -1.93. The maximum atomic E-state index is 13.9. The van der Waals surface area contributed by atoms with Crippen LogP contribution < -0.4 is 9.80 Å². The monoisotopic (exact) mass is 666 g/mol. The van der Waals surface area contributed by atoms with Gasteiger partial charge in [0.25, 0.3) is 0 Å². The topological polar surface area (TPSA) is 64.0 Å². The highest BCUT2D eigenvalue weighted by Crippen LogP contribution is 2.49. The second kappa shape index (κ2) is 15.2. The Bertz CT molecular complexity index is 1790. The fourth-order valence-corrected chi connectivity index (χ4v) is 8.25. The van der Waals surface area contributed by atoms with Gasteiger partial charge in [-0.1, -0.05) is 137 Å². The lowest BCUT2D eigenvalue weighted by atomic mass is 9.85. The molecular weight excluding hydrogens is 617 g/mol. The van der Waals surface area contributed by atoms with Gasteiger partial charge in [0.1, 0.15) is 6.10 Å². The Kier molecular flexibility index (Phi) is 10.3. The van der Waals surface area contributed by atoms with Crippen LogP contribution in [0.5, 0.6) is 0 Å². The van der Waals surface area contributed by atoms with E-state index in [9.17, 15) is 15.0 Å². The molecule has 0 saturated heterocycles. The normalized spacial score (nSPS) is 20.7. The molecule has 7 rings (SSSR count). The summed E-state index contributed by atoms with van der Waals surface area (Å²) in [5, 5.41) is 23.5. The molecule has 0 radical (unpaired) electrons. The summed E-state index contributed by atoms with van der Waals surface area (Å²) in [6, 6.07) is 33.5. The number of benzene rings is 4. The average Bonchev–Trinajstić information content (AvgIpc) is 3.35. The van der Waals surface area contributed by atoms with Crippen LogP contribution in [0.1, 0.15) is 87.5 Å². The average molecular weight is 667 g/mol. The third-order valence-corrected chi connectivity index (χ3v) is 10.9. The van der Waals surface area contributed by atoms with Gasteiger partial charge in [-0.05, 0) is 48.3 Å². The molecular formula is C45H50N2O3. The van der Waals surface area contributed by atoms with Gasteiger partial charge in [0, 0.05) is 64.0 Å². The molecule has 4 aromatic carbocycles. The fraction of sp³-hybridized carbons (Fsp3) is 0.356. The van der Waals surface area contributed by atoms with Crippen molar-refractivity contribution in [2.45, 2.75) is 77.4 Å². The van der Waals surface area contributed by atoms with Crippen molar-refractivity contribution >= 4 is 39.7 Å². The number of aliphatic hydroxyl groups excluding tert-OH is 2. The summed E-state index contributed by atoms with van der Waals surface area (Å²) < 4.78 is 0. The summed E-state index contributed by atoms with van der Waals surface area (Å²) in [5.41, 5.74) is 10.6. The zero-order valence-corrected chi connectivity index (χ0v) is 29.5. The second-order valence-electron chi connectivity index (χ2n) is 14.1. The van der Waals surface area contributed by atoms with Crippen LogP contribution in [-0.4, -0.2) is 41.3 Å². The van der Waals surface area contributed by atoms with Gasteiger partial charge < -0.3 is 20.0 Å². The molecule has 0 bridgehead atoms. The van der Waals surface area contributed by atoms with Crippen molar-refractivity contribution in [2.24, 2.45) is 11.8 Å². The van der Waals surface area contributed by atoms with E-state index in [2.05, 4.69) is 96.4 Å². The van der Waals surface area contributed by atoms with Gasteiger partial charge in [0.15, 0.2) is 5.78 Å². The minimum atomic E-state index is -1.31. The number of hydrogen-bond donors (Lipinski definition) is 2. The van der Waals surface area contributed by atoms with Crippen LogP contribution in [0.15, 0.2) is 109 Å². The van der Waals surface area contributed by atoms with E-state index in [-0.39, 0.29) is 5.78 Å². The van der Waals surface area contributed by atoms with E-state index in [4.69, 9.17) is 0 Å². The number of aliphatic hydroxyl groups is 2. The summed E-state index contributed by atoms with van der Waals surface area (Å²) in [7, 11) is 0. The fourth-order valence-electron chi connectivity index (χ4n) is 8.25. The van der Waals surface area contributed by atoms with Crippen molar-refractivity contribution < 1.29 is 15.0 Å². The third kappa shape index (κ3) is 6.34. The number of ketones is 1. The van der Waals surface area contributed by atoms with E-state index in [1.807, 2.05) is 36.4 Å². The maximum absolute atomic E-state index is 13.9. The van der Waals surface area contributed by atoms with Gasteiger partial charge in [-0.25, -0.2) is 0 Å². The standard InChI is InChI=1S/C45H50N2O3/c1-3-5-7-17-27-46-39-23-13-9-19-31(39)35(32-20-10-14-24-40(32)46)29-37-43(48)38(45(50)44(37)49)30-36-33-21-11-15-25-41(33)47(28-18-8-6-4-2)42-26-16-12-22-34(36)42/h9-16,19-26,29-30,37-38,43-44,48-49H,3-8,17-18,27-28H2,1-2H3. The Morgan fingerprint density at radius 1 is 0.540 bits per heavy atom. The van der Waals surface area contributed by atoms with E-state index in [1.54, 1.807) is 0 Å². The van der Waals surface area contributed by atoms with Crippen molar-refractivity contribution in [1.82, 2.24) is 0 Å². The molecule has 2 aliphatic heterocycles. The zero-order chi connectivity index (χ0) is 34.6. The van der Waals surface area contributed by atoms with Crippen LogP contribution in [0.25, 0.3) is 11.1 Å². The molecule has 1 aliphatic carbocycles. The second-order valence-corrected chi connectivity index (χ2v) is 14.1. The predicted molar refractivity (Wildman–Crippen MR) is 206 cm³/mol. The summed E-state index contributed by atoms with van der Waals surface area (Å²) >= 11 is 0. The molecule has 50 heavy (non-hydrogen) atoms. The van der Waals surface area contributed by atoms with Gasteiger partial charge in [-0.3, -0.25) is 4.79 Å². The molecule has 4 unspecified atom stereocenters. The first-order valence-corrected chi connectivity index (χ1v) is 18.8. The Balaban J connectivity index is 1.25. The SMILES string of the molecule is CCCCCCN1c2ccccc2C(=CC2C(=O)C(O)C(C=C3c4ccccc4N(CCCCCC)c4ccccc43)C2O)c2ccccc21. The molecule has 2 N–H and O–H groups in total. The molecule has 5 heteroatoms. The van der Waals surface area contributed by atoms with Crippen LogP contribution in [0.4, 0.5) is 22.7 Å². The Morgan fingerprint density at radius 3 is 1.32 bits per heavy atom. The third-order valence-electron chi connectivity index (χ3n) is 10.9. The number of carbonyl (C=O) groups excluding carboxylic acids is 1. The van der Waals surface area contributed by atoms with Crippen molar-refractivity contribution in [3.05, 3.63) is 131 Å². The minimum absolute atomic E-state index is 0.335. The van der Waals surface area contributed by atoms with Crippen LogP contribution in [-0.2, 0) is 4.79 Å². The van der Waals surface area contributed by atoms with E-state index in [0.717, 1.165) is 82.1 Å². The van der Waals surface area contributed by atoms with E-state index in [1.165, 1.54) is 38.5 Å². The first-order chi connectivity index (χ1) is 24.5. The highest BCUT2D eigenvalue weighted by atomic mass is 16.3. The van der Waals surface area contributed by atoms with E-state index >= 15 is 0 Å². The van der Waals surface area contributed by atoms with Crippen LogP contribution in [0.2, 0.25) is 0 Å². The van der Waals surface area contributed by atoms with E-state index < -0.39 is 24.0 Å². The number of unbranched alkanes of at least 4 members (excludes halogenated alkanes) is 6. The number of rotatable bonds is 12. The smallest absolute Gasteiger partial charge is 0.171 e. The number of para-hydroxylation sites is 4. The molecule has 4 atom stereocenters. The van der Waals surface area contributed by atoms with Crippen LogP contribution >= 0.6 is 0 Å². The Labute approximate surface area is 297 Å². The van der Waals surface area contributed by atoms with Crippen molar-refractivity contribution in [2.75, 3.05) is 22.9 Å². The Hall–Kier alpha value is -4.45. The number of anilines is 4. The van der Waals surface area contributed by atoms with Gasteiger partial charge in [-0.15, -0.1) is 0 Å². The van der Waals surface area contributed by atoms with Gasteiger partial charge in [-0.2, -0.15) is 0 Å². The van der Waals surface area contributed by atoms with Gasteiger partial charge >= 0.3 is 0 Å². The lowest BCUT2D eigenvalue weighted by Crippen LogP contribution is -2.27. The summed E-state index contributed by atoms with van der Waals surface area (Å²) in [6.07, 6.45) is 10.9. The van der Waals surface area contributed by atoms with Crippen molar-refractivity contribution in [3.63, 3.8) is 0 Å². The molecule has 0 aromatic heterocycles. The number of carbonyl (C=O) groups is 1. The Morgan fingerprint density at radius 2 is 0.920 bits per heavy atom. The van der Waals surface area contributed by atoms with Crippen LogP contribution in [0.3, 0.4) is 0 Å². The number of nitrogens with zero attached hydrogens (tertiary/aromatic N) is 2. The maximum Gasteiger partial charge on any atom is 0.171 e. The minimum Gasteiger partial charge on any atom is -0.391 e. The van der Waals surface area contributed by atoms with Crippen molar-refractivity contribution in [3.8, 4) is 0 Å². The van der Waals surface area contributed by atoms with Gasteiger partial charge in [0.05, 0.1) is 12.0 Å². The van der Waals surface area contributed by atoms with E-state index in [0.29, 0.717) is 0 Å². The molecule has 0 amide bonds. The summed E-state index contributed by atoms with van der Waals surface area (Å²) in [4.78, 5) is 18.8. The predicted octanol–water partition coefficient (Wildman–Crippen LogP) is 9.85. The molecule has 1 saturated carbocycles. The highest BCUT2D eigenvalue weighted by Gasteiger charge is 2.48. The molecule has 258 valence electrons. The first kappa shape index (κ1) is 34.0.